The minimum absolute atomic E-state index is 0.329. The van der Waals surface area contributed by atoms with E-state index in [1.54, 1.807) is 17.5 Å². The Morgan fingerprint density at radius 3 is 3.00 bits per heavy atom. The summed E-state index contributed by atoms with van der Waals surface area (Å²) in [6.45, 7) is 1.75. The minimum Gasteiger partial charge on any atom is -0.385 e. The smallest absolute Gasteiger partial charge is 0.155 e. The highest BCUT2D eigenvalue weighted by Gasteiger charge is 2.15. The highest BCUT2D eigenvalue weighted by atomic mass is 16.3. The van der Waals surface area contributed by atoms with E-state index in [1.165, 1.54) is 6.33 Å². The van der Waals surface area contributed by atoms with Gasteiger partial charge in [-0.05, 0) is 19.1 Å². The van der Waals surface area contributed by atoms with Crippen molar-refractivity contribution in [2.75, 3.05) is 0 Å². The van der Waals surface area contributed by atoms with Gasteiger partial charge in [0, 0.05) is 6.04 Å². The molecule has 2 aromatic rings. The summed E-state index contributed by atoms with van der Waals surface area (Å²) in [5.74, 6) is 0. The maximum Gasteiger partial charge on any atom is 0.155 e. The van der Waals surface area contributed by atoms with Crippen LogP contribution in [0.25, 0.3) is 5.65 Å². The average Bonchev–Trinajstić information content (AvgIpc) is 2.63. The van der Waals surface area contributed by atoms with Crippen LogP contribution < -0.4 is 5.73 Å². The first kappa shape index (κ1) is 9.11. The van der Waals surface area contributed by atoms with Crippen LogP contribution in [0.5, 0.6) is 0 Å². The third-order valence-corrected chi connectivity index (χ3v) is 2.13. The van der Waals surface area contributed by atoms with Gasteiger partial charge in [-0.2, -0.15) is 5.10 Å². The van der Waals surface area contributed by atoms with Gasteiger partial charge in [-0.3, -0.25) is 0 Å². The topological polar surface area (TPSA) is 76.4 Å². The quantitative estimate of drug-likeness (QED) is 0.708. The van der Waals surface area contributed by atoms with Crippen LogP contribution in [-0.2, 0) is 0 Å². The van der Waals surface area contributed by atoms with Gasteiger partial charge in [-0.15, -0.1) is 0 Å². The molecule has 14 heavy (non-hydrogen) atoms. The lowest BCUT2D eigenvalue weighted by atomic mass is 10.1. The molecule has 2 aromatic heterocycles. The molecule has 0 saturated carbocycles. The Bertz CT molecular complexity index is 437. The molecule has 2 unspecified atom stereocenters. The molecular weight excluding hydrogens is 180 g/mol. The zero-order valence-electron chi connectivity index (χ0n) is 7.83. The van der Waals surface area contributed by atoms with Gasteiger partial charge < -0.3 is 10.8 Å². The maximum atomic E-state index is 9.80. The van der Waals surface area contributed by atoms with E-state index in [9.17, 15) is 5.11 Å². The Morgan fingerprint density at radius 2 is 2.29 bits per heavy atom. The van der Waals surface area contributed by atoms with E-state index in [1.807, 2.05) is 12.1 Å². The minimum atomic E-state index is -0.722. The van der Waals surface area contributed by atoms with E-state index < -0.39 is 6.10 Å². The molecule has 2 rings (SSSR count). The largest absolute Gasteiger partial charge is 0.385 e. The molecule has 0 amide bonds. The molecule has 2 heterocycles. The number of aromatic nitrogens is 3. The number of fused-ring (bicyclic) bond motifs is 1. The summed E-state index contributed by atoms with van der Waals surface area (Å²) >= 11 is 0. The van der Waals surface area contributed by atoms with Gasteiger partial charge in [0.2, 0.25) is 0 Å². The molecular formula is C9H12N4O. The number of hydrogen-bond acceptors (Lipinski definition) is 4. The summed E-state index contributed by atoms with van der Waals surface area (Å²) in [7, 11) is 0. The predicted octanol–water partition coefficient (Wildman–Crippen LogP) is 0.110. The van der Waals surface area contributed by atoms with Crippen molar-refractivity contribution in [1.29, 1.82) is 0 Å². The monoisotopic (exact) mass is 192 g/mol. The van der Waals surface area contributed by atoms with E-state index in [-0.39, 0.29) is 6.04 Å². The lowest BCUT2D eigenvalue weighted by Gasteiger charge is -2.15. The number of nitrogens with two attached hydrogens (primary N) is 1. The molecule has 0 saturated heterocycles. The van der Waals surface area contributed by atoms with Crippen LogP contribution in [-0.4, -0.2) is 25.7 Å². The molecule has 0 spiro atoms. The summed E-state index contributed by atoms with van der Waals surface area (Å²) < 4.78 is 1.59. The Kier molecular flexibility index (Phi) is 2.18. The van der Waals surface area contributed by atoms with Gasteiger partial charge in [0.25, 0.3) is 0 Å². The average molecular weight is 192 g/mol. The summed E-state index contributed by atoms with van der Waals surface area (Å²) in [6, 6.07) is 5.11. The van der Waals surface area contributed by atoms with Crippen molar-refractivity contribution >= 4 is 5.65 Å². The van der Waals surface area contributed by atoms with E-state index in [2.05, 4.69) is 10.1 Å². The van der Waals surface area contributed by atoms with Gasteiger partial charge in [0.15, 0.2) is 5.65 Å². The first-order chi connectivity index (χ1) is 6.70. The highest BCUT2D eigenvalue weighted by molar-refractivity contribution is 5.38. The molecule has 74 valence electrons. The standard InChI is InChI=1S/C9H12N4O/c1-6(10)9(14)7-3-2-4-8-11-5-12-13(7)8/h2-6,9,14H,10H2,1H3. The van der Waals surface area contributed by atoms with Gasteiger partial charge >= 0.3 is 0 Å². The van der Waals surface area contributed by atoms with E-state index in [0.717, 1.165) is 0 Å². The SMILES string of the molecule is CC(N)C(O)c1cccc2ncnn12. The lowest BCUT2D eigenvalue weighted by Crippen LogP contribution is -2.26. The zero-order chi connectivity index (χ0) is 10.1. The second-order valence-electron chi connectivity index (χ2n) is 3.28. The summed E-state index contributed by atoms with van der Waals surface area (Å²) in [5.41, 5.74) is 6.99. The normalized spacial score (nSPS) is 15.6. The van der Waals surface area contributed by atoms with Crippen LogP contribution >= 0.6 is 0 Å². The molecule has 3 N–H and O–H groups in total. The molecule has 0 aliphatic rings. The van der Waals surface area contributed by atoms with Gasteiger partial charge in [-0.25, -0.2) is 9.50 Å². The van der Waals surface area contributed by atoms with E-state index in [0.29, 0.717) is 11.3 Å². The molecule has 0 radical (unpaired) electrons. The van der Waals surface area contributed by atoms with Crippen molar-refractivity contribution in [2.24, 2.45) is 5.73 Å². The van der Waals surface area contributed by atoms with E-state index in [4.69, 9.17) is 5.73 Å². The van der Waals surface area contributed by atoms with Crippen molar-refractivity contribution in [3.05, 3.63) is 30.2 Å². The molecule has 0 aliphatic heterocycles. The molecule has 5 nitrogen and oxygen atoms in total. The van der Waals surface area contributed by atoms with Gasteiger partial charge in [0.1, 0.15) is 12.4 Å². The number of hydrogen-bond donors (Lipinski definition) is 2. The molecule has 0 fully saturated rings. The third kappa shape index (κ3) is 1.36. The number of aliphatic hydroxyl groups is 1. The fourth-order valence-corrected chi connectivity index (χ4v) is 1.36. The molecule has 0 aliphatic carbocycles. The van der Waals surface area contributed by atoms with Crippen LogP contribution in [0.3, 0.4) is 0 Å². The predicted molar refractivity (Wildman–Crippen MR) is 51.6 cm³/mol. The van der Waals surface area contributed by atoms with Crippen molar-refractivity contribution < 1.29 is 5.11 Å². The highest BCUT2D eigenvalue weighted by Crippen LogP contribution is 2.15. The third-order valence-electron chi connectivity index (χ3n) is 2.13. The van der Waals surface area contributed by atoms with Crippen LogP contribution in [0.4, 0.5) is 0 Å². The second-order valence-corrected chi connectivity index (χ2v) is 3.28. The van der Waals surface area contributed by atoms with Gasteiger partial charge in [-0.1, -0.05) is 6.07 Å². The summed E-state index contributed by atoms with van der Waals surface area (Å²) in [6.07, 6.45) is 0.729. The number of rotatable bonds is 2. The maximum absolute atomic E-state index is 9.80. The molecule has 0 aromatic carbocycles. The second kappa shape index (κ2) is 3.36. The van der Waals surface area contributed by atoms with Crippen LogP contribution in [0.15, 0.2) is 24.5 Å². The molecule has 2 atom stereocenters. The van der Waals surface area contributed by atoms with Gasteiger partial charge in [0.05, 0.1) is 5.69 Å². The molecule has 5 heteroatoms. The van der Waals surface area contributed by atoms with E-state index >= 15 is 0 Å². The molecule has 0 bridgehead atoms. The number of nitrogens with zero attached hydrogens (tertiary/aromatic N) is 3. The summed E-state index contributed by atoms with van der Waals surface area (Å²) in [4.78, 5) is 4.02. The first-order valence-electron chi connectivity index (χ1n) is 4.42. The zero-order valence-corrected chi connectivity index (χ0v) is 7.83. The fraction of sp³-hybridized carbons (Fsp3) is 0.333. The Balaban J connectivity index is 2.56. The van der Waals surface area contributed by atoms with Crippen molar-refractivity contribution in [3.8, 4) is 0 Å². The van der Waals surface area contributed by atoms with Crippen LogP contribution in [0.2, 0.25) is 0 Å². The van der Waals surface area contributed by atoms with Crippen molar-refractivity contribution in [1.82, 2.24) is 14.6 Å². The Morgan fingerprint density at radius 1 is 1.50 bits per heavy atom. The van der Waals surface area contributed by atoms with Crippen LogP contribution in [0.1, 0.15) is 18.7 Å². The Hall–Kier alpha value is -1.46. The van der Waals surface area contributed by atoms with Crippen molar-refractivity contribution in [2.45, 2.75) is 19.1 Å². The fourth-order valence-electron chi connectivity index (χ4n) is 1.36. The first-order valence-corrected chi connectivity index (χ1v) is 4.42. The summed E-state index contributed by atoms with van der Waals surface area (Å²) in [5, 5.41) is 13.8. The number of pyridine rings is 1. The number of aliphatic hydroxyl groups excluding tert-OH is 1. The lowest BCUT2D eigenvalue weighted by molar-refractivity contribution is 0.146. The van der Waals surface area contributed by atoms with Crippen molar-refractivity contribution in [3.63, 3.8) is 0 Å². The Labute approximate surface area is 81.2 Å². The van der Waals surface area contributed by atoms with Crippen LogP contribution in [0, 0.1) is 0 Å².